The van der Waals surface area contributed by atoms with Crippen LogP contribution in [0.5, 0.6) is 0 Å². The Hall–Kier alpha value is -2.24. The summed E-state index contributed by atoms with van der Waals surface area (Å²) in [5, 5.41) is 22.5. The molecule has 0 radical (unpaired) electrons. The zero-order valence-corrected chi connectivity index (χ0v) is 12.0. The molecule has 0 fully saturated rings. The van der Waals surface area contributed by atoms with Crippen LogP contribution < -0.4 is 10.6 Å². The predicted octanol–water partition coefficient (Wildman–Crippen LogP) is 2.69. The number of nitrogens with one attached hydrogen (secondary N) is 2. The SMILES string of the molecule is CC(C)(NC(=O)O)c1ccc(C(C)(C)NC(=O)O)cc1. The Morgan fingerprint density at radius 1 is 0.800 bits per heavy atom. The molecular formula is C14H20N2O4. The Bertz CT molecular complexity index is 459. The third kappa shape index (κ3) is 3.88. The first kappa shape index (κ1) is 15.8. The summed E-state index contributed by atoms with van der Waals surface area (Å²) in [6.07, 6.45) is -2.18. The van der Waals surface area contributed by atoms with E-state index in [4.69, 9.17) is 10.2 Å². The van der Waals surface area contributed by atoms with Gasteiger partial charge in [-0.3, -0.25) is 0 Å². The molecule has 0 bridgehead atoms. The zero-order valence-electron chi connectivity index (χ0n) is 12.0. The Kier molecular flexibility index (Phi) is 4.27. The summed E-state index contributed by atoms with van der Waals surface area (Å²) in [5.41, 5.74) is 0.174. The van der Waals surface area contributed by atoms with Crippen molar-refractivity contribution in [2.75, 3.05) is 0 Å². The maximum absolute atomic E-state index is 10.7. The third-order valence-electron chi connectivity index (χ3n) is 3.17. The zero-order chi connectivity index (χ0) is 15.6. The van der Waals surface area contributed by atoms with Gasteiger partial charge in [0.25, 0.3) is 0 Å². The number of rotatable bonds is 4. The highest BCUT2D eigenvalue weighted by molar-refractivity contribution is 5.66. The van der Waals surface area contributed by atoms with Crippen LogP contribution in [-0.4, -0.2) is 22.4 Å². The van der Waals surface area contributed by atoms with Crippen molar-refractivity contribution in [3.8, 4) is 0 Å². The summed E-state index contributed by atoms with van der Waals surface area (Å²) in [4.78, 5) is 21.5. The average Bonchev–Trinajstić information content (AvgIpc) is 2.25. The highest BCUT2D eigenvalue weighted by atomic mass is 16.4. The van der Waals surface area contributed by atoms with Crippen molar-refractivity contribution >= 4 is 12.2 Å². The molecular weight excluding hydrogens is 260 g/mol. The first-order valence-electron chi connectivity index (χ1n) is 6.18. The van der Waals surface area contributed by atoms with Gasteiger partial charge in [-0.1, -0.05) is 24.3 Å². The van der Waals surface area contributed by atoms with E-state index in [2.05, 4.69) is 10.6 Å². The van der Waals surface area contributed by atoms with Gasteiger partial charge in [-0.15, -0.1) is 0 Å². The number of carbonyl (C=O) groups is 2. The molecule has 1 aromatic rings. The molecule has 0 spiro atoms. The van der Waals surface area contributed by atoms with Crippen molar-refractivity contribution in [2.45, 2.75) is 38.8 Å². The van der Waals surface area contributed by atoms with E-state index >= 15 is 0 Å². The minimum absolute atomic E-state index is 0.714. The molecule has 0 aliphatic carbocycles. The van der Waals surface area contributed by atoms with Gasteiger partial charge in [-0.25, -0.2) is 9.59 Å². The van der Waals surface area contributed by atoms with E-state index in [9.17, 15) is 9.59 Å². The number of amides is 2. The summed E-state index contributed by atoms with van der Waals surface area (Å²) in [6.45, 7) is 7.04. The Balaban J connectivity index is 2.99. The number of benzene rings is 1. The maximum atomic E-state index is 10.7. The van der Waals surface area contributed by atoms with Gasteiger partial charge in [0.2, 0.25) is 0 Å². The highest BCUT2D eigenvalue weighted by Gasteiger charge is 2.25. The van der Waals surface area contributed by atoms with Gasteiger partial charge in [0.05, 0.1) is 11.1 Å². The molecule has 0 aliphatic rings. The molecule has 0 heterocycles. The summed E-state index contributed by atoms with van der Waals surface area (Å²) in [7, 11) is 0. The van der Waals surface area contributed by atoms with Crippen molar-refractivity contribution in [1.29, 1.82) is 0 Å². The molecule has 6 heteroatoms. The fraction of sp³-hybridized carbons (Fsp3) is 0.429. The first-order chi connectivity index (χ1) is 9.04. The molecule has 20 heavy (non-hydrogen) atoms. The van der Waals surface area contributed by atoms with Crippen molar-refractivity contribution in [3.05, 3.63) is 35.4 Å². The lowest BCUT2D eigenvalue weighted by atomic mass is 9.89. The minimum atomic E-state index is -1.09. The number of hydrogen-bond donors (Lipinski definition) is 4. The molecule has 0 unspecified atom stereocenters. The second-order valence-corrected chi connectivity index (χ2v) is 5.69. The lowest BCUT2D eigenvalue weighted by molar-refractivity contribution is 0.180. The fourth-order valence-corrected chi connectivity index (χ4v) is 1.98. The van der Waals surface area contributed by atoms with Gasteiger partial charge >= 0.3 is 12.2 Å². The van der Waals surface area contributed by atoms with E-state index in [1.54, 1.807) is 52.0 Å². The van der Waals surface area contributed by atoms with Crippen LogP contribution in [0.1, 0.15) is 38.8 Å². The third-order valence-corrected chi connectivity index (χ3v) is 3.17. The summed E-state index contributed by atoms with van der Waals surface area (Å²) >= 11 is 0. The minimum Gasteiger partial charge on any atom is -0.465 e. The summed E-state index contributed by atoms with van der Waals surface area (Å²) in [6, 6.07) is 7.15. The van der Waals surface area contributed by atoms with Crippen LogP contribution in [0.2, 0.25) is 0 Å². The second kappa shape index (κ2) is 5.40. The van der Waals surface area contributed by atoms with Crippen LogP contribution in [-0.2, 0) is 11.1 Å². The van der Waals surface area contributed by atoms with Crippen LogP contribution in [0.3, 0.4) is 0 Å². The van der Waals surface area contributed by atoms with E-state index in [0.29, 0.717) is 0 Å². The van der Waals surface area contributed by atoms with Crippen molar-refractivity contribution in [1.82, 2.24) is 10.6 Å². The van der Waals surface area contributed by atoms with E-state index < -0.39 is 23.3 Å². The Labute approximate surface area is 117 Å². The largest absolute Gasteiger partial charge is 0.465 e. The van der Waals surface area contributed by atoms with Crippen molar-refractivity contribution in [2.24, 2.45) is 0 Å². The van der Waals surface area contributed by atoms with Crippen LogP contribution in [0.15, 0.2) is 24.3 Å². The first-order valence-corrected chi connectivity index (χ1v) is 6.18. The number of hydrogen-bond acceptors (Lipinski definition) is 2. The van der Waals surface area contributed by atoms with Crippen LogP contribution in [0.4, 0.5) is 9.59 Å². The average molecular weight is 280 g/mol. The summed E-state index contributed by atoms with van der Waals surface area (Å²) in [5.74, 6) is 0. The smallest absolute Gasteiger partial charge is 0.405 e. The predicted molar refractivity (Wildman–Crippen MR) is 74.8 cm³/mol. The Morgan fingerprint density at radius 2 is 1.05 bits per heavy atom. The molecule has 110 valence electrons. The molecule has 0 saturated heterocycles. The highest BCUT2D eigenvalue weighted by Crippen LogP contribution is 2.25. The lowest BCUT2D eigenvalue weighted by Gasteiger charge is -2.28. The van der Waals surface area contributed by atoms with Gasteiger partial charge in [0.15, 0.2) is 0 Å². The van der Waals surface area contributed by atoms with E-state index in [-0.39, 0.29) is 0 Å². The molecule has 6 nitrogen and oxygen atoms in total. The molecule has 1 aromatic carbocycles. The molecule has 0 aromatic heterocycles. The number of carboxylic acid groups (broad SMARTS) is 2. The second-order valence-electron chi connectivity index (χ2n) is 5.69. The van der Waals surface area contributed by atoms with Gasteiger partial charge < -0.3 is 20.8 Å². The molecule has 1 rings (SSSR count). The molecule has 0 saturated carbocycles. The molecule has 0 aliphatic heterocycles. The maximum Gasteiger partial charge on any atom is 0.405 e. The fourth-order valence-electron chi connectivity index (χ4n) is 1.98. The van der Waals surface area contributed by atoms with Crippen molar-refractivity contribution in [3.63, 3.8) is 0 Å². The van der Waals surface area contributed by atoms with Gasteiger partial charge in [0.1, 0.15) is 0 Å². The van der Waals surface area contributed by atoms with Gasteiger partial charge in [0, 0.05) is 0 Å². The molecule has 0 atom stereocenters. The molecule has 4 N–H and O–H groups in total. The normalized spacial score (nSPS) is 11.8. The monoisotopic (exact) mass is 280 g/mol. The quantitative estimate of drug-likeness (QED) is 0.681. The van der Waals surface area contributed by atoms with Gasteiger partial charge in [-0.05, 0) is 38.8 Å². The van der Waals surface area contributed by atoms with Crippen LogP contribution >= 0.6 is 0 Å². The van der Waals surface area contributed by atoms with Crippen molar-refractivity contribution < 1.29 is 19.8 Å². The van der Waals surface area contributed by atoms with Crippen LogP contribution in [0.25, 0.3) is 0 Å². The Morgan fingerprint density at radius 3 is 1.25 bits per heavy atom. The van der Waals surface area contributed by atoms with Gasteiger partial charge in [-0.2, -0.15) is 0 Å². The summed E-state index contributed by atoms with van der Waals surface area (Å²) < 4.78 is 0. The molecule has 2 amide bonds. The lowest BCUT2D eigenvalue weighted by Crippen LogP contribution is -2.41. The topological polar surface area (TPSA) is 98.7 Å². The van der Waals surface area contributed by atoms with E-state index in [1.807, 2.05) is 0 Å². The standard InChI is InChI=1S/C14H20N2O4/c1-13(2,15-11(17)18)9-5-7-10(8-6-9)14(3,4)16-12(19)20/h5-8,15-16H,1-4H3,(H,17,18)(H,19,20). The van der Waals surface area contributed by atoms with E-state index in [0.717, 1.165) is 11.1 Å². The van der Waals surface area contributed by atoms with Crippen LogP contribution in [0, 0.1) is 0 Å². The van der Waals surface area contributed by atoms with E-state index in [1.165, 1.54) is 0 Å².